The van der Waals surface area contributed by atoms with Crippen molar-refractivity contribution >= 4 is 37.6 Å². The first kappa shape index (κ1) is 14.2. The number of benzene rings is 1. The van der Waals surface area contributed by atoms with E-state index in [1.165, 1.54) is 6.07 Å². The quantitative estimate of drug-likeness (QED) is 0.846. The van der Waals surface area contributed by atoms with E-state index in [0.29, 0.717) is 0 Å². The van der Waals surface area contributed by atoms with Crippen molar-refractivity contribution in [1.29, 1.82) is 0 Å². The molecular weight excluding hydrogens is 345 g/mol. The maximum atomic E-state index is 13.1. The van der Waals surface area contributed by atoms with Gasteiger partial charge < -0.3 is 0 Å². The number of alkyl halides is 1. The Morgan fingerprint density at radius 3 is 2.72 bits per heavy atom. The number of nitrogens with one attached hydrogen (secondary N) is 1. The normalized spacial score (nSPS) is 24.4. The van der Waals surface area contributed by atoms with Gasteiger partial charge in [-0.15, -0.1) is 0 Å². The monoisotopic (exact) mass is 355 g/mol. The Hall–Kier alpha value is -0.170. The second-order valence-electron chi connectivity index (χ2n) is 4.25. The van der Waals surface area contributed by atoms with E-state index in [9.17, 15) is 12.8 Å². The Labute approximate surface area is 119 Å². The molecule has 2 rings (SSSR count). The lowest BCUT2D eigenvalue weighted by Crippen LogP contribution is -2.37. The van der Waals surface area contributed by atoms with Crippen LogP contribution in [0.25, 0.3) is 0 Å². The third kappa shape index (κ3) is 3.04. The summed E-state index contributed by atoms with van der Waals surface area (Å²) < 4.78 is 39.9. The van der Waals surface area contributed by atoms with Crippen LogP contribution in [-0.4, -0.2) is 19.3 Å². The zero-order valence-corrected chi connectivity index (χ0v) is 12.5. The molecule has 0 aromatic heterocycles. The van der Waals surface area contributed by atoms with Crippen molar-refractivity contribution in [2.45, 2.75) is 35.0 Å². The summed E-state index contributed by atoms with van der Waals surface area (Å²) in [6.07, 6.45) is 2.64. The molecule has 1 fully saturated rings. The van der Waals surface area contributed by atoms with Crippen molar-refractivity contribution < 1.29 is 12.8 Å². The van der Waals surface area contributed by atoms with Crippen molar-refractivity contribution in [2.75, 3.05) is 0 Å². The minimum atomic E-state index is -3.78. The third-order valence-corrected chi connectivity index (χ3v) is 5.99. The molecular formula is C11H12BrClFNO2S. The molecule has 1 saturated carbocycles. The summed E-state index contributed by atoms with van der Waals surface area (Å²) >= 11 is 9.23. The Morgan fingerprint density at radius 2 is 2.11 bits per heavy atom. The summed E-state index contributed by atoms with van der Waals surface area (Å²) in [6, 6.07) is 3.13. The highest BCUT2D eigenvalue weighted by atomic mass is 79.9. The average molecular weight is 357 g/mol. The fourth-order valence-electron chi connectivity index (χ4n) is 1.99. The minimum Gasteiger partial charge on any atom is -0.207 e. The highest BCUT2D eigenvalue weighted by molar-refractivity contribution is 9.09. The van der Waals surface area contributed by atoms with E-state index >= 15 is 0 Å². The van der Waals surface area contributed by atoms with Gasteiger partial charge in [-0.05, 0) is 31.0 Å². The minimum absolute atomic E-state index is 0.0213. The van der Waals surface area contributed by atoms with Crippen LogP contribution in [0.15, 0.2) is 23.1 Å². The summed E-state index contributed by atoms with van der Waals surface area (Å²) in [5.74, 6) is -0.624. The lowest BCUT2D eigenvalue weighted by Gasteiger charge is -2.16. The van der Waals surface area contributed by atoms with Crippen molar-refractivity contribution in [2.24, 2.45) is 0 Å². The highest BCUT2D eigenvalue weighted by Gasteiger charge is 2.30. The average Bonchev–Trinajstić information content (AvgIpc) is 2.67. The zero-order chi connectivity index (χ0) is 13.3. The van der Waals surface area contributed by atoms with Crippen LogP contribution in [-0.2, 0) is 10.0 Å². The molecule has 3 nitrogen and oxygen atoms in total. The van der Waals surface area contributed by atoms with Gasteiger partial charge in [0.25, 0.3) is 0 Å². The molecule has 100 valence electrons. The molecule has 1 N–H and O–H groups in total. The molecule has 0 aliphatic heterocycles. The molecule has 18 heavy (non-hydrogen) atoms. The summed E-state index contributed by atoms with van der Waals surface area (Å²) in [7, 11) is -3.78. The number of sulfonamides is 1. The van der Waals surface area contributed by atoms with Crippen LogP contribution < -0.4 is 4.72 Å². The molecule has 1 aromatic rings. The smallest absolute Gasteiger partial charge is 0.207 e. The molecule has 2 atom stereocenters. The van der Waals surface area contributed by atoms with Gasteiger partial charge in [0.2, 0.25) is 10.0 Å². The molecule has 0 bridgehead atoms. The molecule has 7 heteroatoms. The molecule has 1 aromatic carbocycles. The van der Waals surface area contributed by atoms with Gasteiger partial charge in [0.15, 0.2) is 0 Å². The Morgan fingerprint density at radius 1 is 1.39 bits per heavy atom. The number of halogens is 3. The summed E-state index contributed by atoms with van der Waals surface area (Å²) in [4.78, 5) is -0.102. The molecule has 0 amide bonds. The first-order valence-corrected chi connectivity index (χ1v) is 8.29. The van der Waals surface area contributed by atoms with Crippen LogP contribution >= 0.6 is 27.5 Å². The fourth-order valence-corrected chi connectivity index (χ4v) is 4.71. The van der Waals surface area contributed by atoms with Gasteiger partial charge in [0.1, 0.15) is 10.7 Å². The summed E-state index contributed by atoms with van der Waals surface area (Å²) in [5, 5.41) is 0.0213. The van der Waals surface area contributed by atoms with Crippen molar-refractivity contribution in [3.63, 3.8) is 0 Å². The van der Waals surface area contributed by atoms with Gasteiger partial charge in [-0.3, -0.25) is 0 Å². The second-order valence-corrected chi connectivity index (χ2v) is 7.52. The lowest BCUT2D eigenvalue weighted by atomic mass is 10.3. The van der Waals surface area contributed by atoms with E-state index in [1.807, 2.05) is 0 Å². The van der Waals surface area contributed by atoms with Crippen molar-refractivity contribution in [3.05, 3.63) is 29.0 Å². The lowest BCUT2D eigenvalue weighted by molar-refractivity contribution is 0.554. The van der Waals surface area contributed by atoms with Crippen molar-refractivity contribution in [3.8, 4) is 0 Å². The van der Waals surface area contributed by atoms with E-state index in [-0.39, 0.29) is 20.8 Å². The Bertz CT molecular complexity index is 552. The van der Waals surface area contributed by atoms with Crippen LogP contribution in [0, 0.1) is 5.82 Å². The van der Waals surface area contributed by atoms with Crippen LogP contribution in [0.1, 0.15) is 19.3 Å². The molecule has 0 radical (unpaired) electrons. The fraction of sp³-hybridized carbons (Fsp3) is 0.455. The Kier molecular flexibility index (Phi) is 4.31. The topological polar surface area (TPSA) is 46.2 Å². The third-order valence-electron chi connectivity index (χ3n) is 2.92. The van der Waals surface area contributed by atoms with E-state index in [2.05, 4.69) is 20.7 Å². The van der Waals surface area contributed by atoms with E-state index in [1.54, 1.807) is 0 Å². The second kappa shape index (κ2) is 5.45. The Balaban J connectivity index is 2.28. The molecule has 0 heterocycles. The van der Waals surface area contributed by atoms with Gasteiger partial charge in [0, 0.05) is 10.9 Å². The van der Waals surface area contributed by atoms with E-state index in [4.69, 9.17) is 11.6 Å². The van der Waals surface area contributed by atoms with Crippen LogP contribution in [0.2, 0.25) is 5.02 Å². The van der Waals surface area contributed by atoms with Crippen LogP contribution in [0.4, 0.5) is 4.39 Å². The predicted octanol–water partition coefficient (Wildman–Crippen LogP) is 3.07. The van der Waals surface area contributed by atoms with Gasteiger partial charge >= 0.3 is 0 Å². The summed E-state index contributed by atoms with van der Waals surface area (Å²) in [6.45, 7) is 0. The van der Waals surface area contributed by atoms with E-state index < -0.39 is 15.8 Å². The van der Waals surface area contributed by atoms with Gasteiger partial charge in [-0.1, -0.05) is 34.0 Å². The van der Waals surface area contributed by atoms with Gasteiger partial charge in [-0.2, -0.15) is 0 Å². The number of hydrogen-bond acceptors (Lipinski definition) is 2. The standard InChI is InChI=1S/C11H12BrClFNO2S/c12-8-2-1-3-10(8)15-18(16,17)11-6-7(14)4-5-9(11)13/h4-6,8,10,15H,1-3H2. The largest absolute Gasteiger partial charge is 0.242 e. The highest BCUT2D eigenvalue weighted by Crippen LogP contribution is 2.28. The number of hydrogen-bond donors (Lipinski definition) is 1. The first-order chi connectivity index (χ1) is 8.40. The molecule has 1 aliphatic rings. The first-order valence-electron chi connectivity index (χ1n) is 5.51. The SMILES string of the molecule is O=S(=O)(NC1CCCC1Br)c1cc(F)ccc1Cl. The molecule has 0 spiro atoms. The van der Waals surface area contributed by atoms with Gasteiger partial charge in [-0.25, -0.2) is 17.5 Å². The van der Waals surface area contributed by atoms with Crippen LogP contribution in [0.5, 0.6) is 0 Å². The predicted molar refractivity (Wildman–Crippen MR) is 72.1 cm³/mol. The molecule has 0 saturated heterocycles. The van der Waals surface area contributed by atoms with Crippen molar-refractivity contribution in [1.82, 2.24) is 4.72 Å². The maximum absolute atomic E-state index is 13.1. The van der Waals surface area contributed by atoms with Gasteiger partial charge in [0.05, 0.1) is 5.02 Å². The van der Waals surface area contributed by atoms with Crippen LogP contribution in [0.3, 0.4) is 0 Å². The zero-order valence-electron chi connectivity index (χ0n) is 9.37. The number of rotatable bonds is 3. The summed E-state index contributed by atoms with van der Waals surface area (Å²) in [5.41, 5.74) is 0. The molecule has 2 unspecified atom stereocenters. The maximum Gasteiger partial charge on any atom is 0.242 e. The van der Waals surface area contributed by atoms with E-state index in [0.717, 1.165) is 31.4 Å². The molecule has 1 aliphatic carbocycles.